The number of nitrogens with two attached hydrogens (primary N) is 1. The lowest BCUT2D eigenvalue weighted by Gasteiger charge is -2.12. The molecule has 0 unspecified atom stereocenters. The van der Waals surface area contributed by atoms with Crippen LogP contribution in [0.15, 0.2) is 31.0 Å². The molecule has 2 aromatic heterocycles. The number of hydrogen-bond acceptors (Lipinski definition) is 3. The van der Waals surface area contributed by atoms with Crippen molar-refractivity contribution in [3.05, 3.63) is 31.0 Å². The lowest BCUT2D eigenvalue weighted by atomic mass is 10.0. The molecule has 3 rings (SSSR count). The number of rotatable bonds is 5. The molecule has 2 N–H and O–H groups in total. The molecular weight excluding hydrogens is 248 g/mol. The second kappa shape index (κ2) is 6.07. The van der Waals surface area contributed by atoms with E-state index in [0.29, 0.717) is 0 Å². The summed E-state index contributed by atoms with van der Waals surface area (Å²) < 4.78 is 2.20. The third kappa shape index (κ3) is 2.84. The molecule has 2 aromatic rings. The summed E-state index contributed by atoms with van der Waals surface area (Å²) in [4.78, 5) is 8.43. The topological polar surface area (TPSA) is 56.7 Å². The minimum Gasteiger partial charge on any atom is -0.398 e. The van der Waals surface area contributed by atoms with Gasteiger partial charge in [-0.2, -0.15) is 0 Å². The van der Waals surface area contributed by atoms with Gasteiger partial charge in [0.25, 0.3) is 0 Å². The highest BCUT2D eigenvalue weighted by Crippen LogP contribution is 2.29. The second-order valence-corrected chi connectivity index (χ2v) is 5.73. The van der Waals surface area contributed by atoms with Crippen molar-refractivity contribution >= 4 is 5.69 Å². The molecule has 0 saturated heterocycles. The van der Waals surface area contributed by atoms with Crippen LogP contribution in [0.4, 0.5) is 5.69 Å². The highest BCUT2D eigenvalue weighted by atomic mass is 15.0. The Kier molecular flexibility index (Phi) is 4.00. The van der Waals surface area contributed by atoms with E-state index in [1.54, 1.807) is 6.20 Å². The fourth-order valence-corrected chi connectivity index (χ4v) is 3.19. The average molecular weight is 270 g/mol. The number of hydrogen-bond donors (Lipinski definition) is 1. The van der Waals surface area contributed by atoms with Gasteiger partial charge in [-0.25, -0.2) is 4.98 Å². The van der Waals surface area contributed by atoms with Crippen LogP contribution in [-0.4, -0.2) is 14.5 Å². The zero-order valence-corrected chi connectivity index (χ0v) is 11.8. The van der Waals surface area contributed by atoms with E-state index in [0.717, 1.165) is 29.4 Å². The van der Waals surface area contributed by atoms with E-state index in [2.05, 4.69) is 14.5 Å². The highest BCUT2D eigenvalue weighted by Gasteiger charge is 2.15. The van der Waals surface area contributed by atoms with Crippen molar-refractivity contribution in [3.63, 3.8) is 0 Å². The monoisotopic (exact) mass is 270 g/mol. The molecule has 4 nitrogen and oxygen atoms in total. The van der Waals surface area contributed by atoms with Crippen LogP contribution >= 0.6 is 0 Å². The summed E-state index contributed by atoms with van der Waals surface area (Å²) in [7, 11) is 0. The normalized spacial score (nSPS) is 15.8. The van der Waals surface area contributed by atoms with Gasteiger partial charge in [0.1, 0.15) is 0 Å². The maximum Gasteiger partial charge on any atom is 0.0950 e. The van der Waals surface area contributed by atoms with Gasteiger partial charge in [-0.05, 0) is 24.8 Å². The maximum absolute atomic E-state index is 6.03. The SMILES string of the molecule is Nc1ccncc1-c1cncn1CCCC1CCCC1. The first-order valence-corrected chi connectivity index (χ1v) is 7.54. The number of imidazole rings is 1. The minimum atomic E-state index is 0.762. The predicted octanol–water partition coefficient (Wildman–Crippen LogP) is 3.50. The minimum absolute atomic E-state index is 0.762. The van der Waals surface area contributed by atoms with E-state index in [-0.39, 0.29) is 0 Å². The zero-order chi connectivity index (χ0) is 13.8. The van der Waals surface area contributed by atoms with Crippen molar-refractivity contribution in [1.29, 1.82) is 0 Å². The summed E-state index contributed by atoms with van der Waals surface area (Å²) in [5, 5.41) is 0. The Hall–Kier alpha value is -1.84. The molecule has 0 radical (unpaired) electrons. The number of aromatic nitrogens is 3. The van der Waals surface area contributed by atoms with Gasteiger partial charge in [0.05, 0.1) is 18.2 Å². The zero-order valence-electron chi connectivity index (χ0n) is 11.8. The van der Waals surface area contributed by atoms with Crippen LogP contribution in [0.3, 0.4) is 0 Å². The molecule has 4 heteroatoms. The molecule has 0 aliphatic heterocycles. The van der Waals surface area contributed by atoms with Crippen molar-refractivity contribution in [2.45, 2.75) is 45.1 Å². The molecule has 1 saturated carbocycles. The molecular formula is C16H22N4. The Morgan fingerprint density at radius 3 is 2.85 bits per heavy atom. The van der Waals surface area contributed by atoms with Crippen LogP contribution in [0.5, 0.6) is 0 Å². The molecule has 0 atom stereocenters. The largest absolute Gasteiger partial charge is 0.398 e. The Labute approximate surface area is 120 Å². The van der Waals surface area contributed by atoms with Crippen LogP contribution in [-0.2, 0) is 6.54 Å². The summed E-state index contributed by atoms with van der Waals surface area (Å²) in [5.41, 5.74) is 8.84. The number of nitrogen functional groups attached to an aromatic ring is 1. The fraction of sp³-hybridized carbons (Fsp3) is 0.500. The summed E-state index contributed by atoms with van der Waals surface area (Å²) >= 11 is 0. The van der Waals surface area contributed by atoms with Crippen LogP contribution in [0.2, 0.25) is 0 Å². The number of pyridine rings is 1. The van der Waals surface area contributed by atoms with Crippen molar-refractivity contribution in [2.75, 3.05) is 5.73 Å². The van der Waals surface area contributed by atoms with E-state index in [4.69, 9.17) is 5.73 Å². The average Bonchev–Trinajstić information content (AvgIpc) is 3.11. The highest BCUT2D eigenvalue weighted by molar-refractivity contribution is 5.72. The standard InChI is InChI=1S/C16H22N4/c17-15-7-8-18-10-14(15)16-11-19-12-20(16)9-3-6-13-4-1-2-5-13/h7-8,10-13H,1-6,9H2,(H2,17,18). The fourth-order valence-electron chi connectivity index (χ4n) is 3.19. The first-order chi connectivity index (χ1) is 9.84. The predicted molar refractivity (Wildman–Crippen MR) is 81.1 cm³/mol. The van der Waals surface area contributed by atoms with Gasteiger partial charge in [-0.3, -0.25) is 4.98 Å². The Morgan fingerprint density at radius 2 is 2.05 bits per heavy atom. The van der Waals surface area contributed by atoms with Crippen LogP contribution in [0, 0.1) is 5.92 Å². The molecule has 0 spiro atoms. The summed E-state index contributed by atoms with van der Waals surface area (Å²) in [5.74, 6) is 0.949. The lowest BCUT2D eigenvalue weighted by molar-refractivity contribution is 0.459. The van der Waals surface area contributed by atoms with Crippen molar-refractivity contribution in [1.82, 2.24) is 14.5 Å². The molecule has 0 amide bonds. The van der Waals surface area contributed by atoms with Gasteiger partial charge >= 0.3 is 0 Å². The number of anilines is 1. The van der Waals surface area contributed by atoms with Gasteiger partial charge in [-0.1, -0.05) is 25.7 Å². The summed E-state index contributed by atoms with van der Waals surface area (Å²) in [6, 6.07) is 1.84. The number of aryl methyl sites for hydroxylation is 1. The third-order valence-electron chi connectivity index (χ3n) is 4.33. The van der Waals surface area contributed by atoms with E-state index in [1.807, 2.05) is 24.8 Å². The Morgan fingerprint density at radius 1 is 1.20 bits per heavy atom. The molecule has 106 valence electrons. The van der Waals surface area contributed by atoms with Crippen LogP contribution in [0.25, 0.3) is 11.3 Å². The molecule has 0 bridgehead atoms. The molecule has 1 aliphatic rings. The molecule has 20 heavy (non-hydrogen) atoms. The van der Waals surface area contributed by atoms with Gasteiger partial charge in [0, 0.05) is 30.2 Å². The van der Waals surface area contributed by atoms with E-state index < -0.39 is 0 Å². The summed E-state index contributed by atoms with van der Waals surface area (Å²) in [6.07, 6.45) is 15.6. The lowest BCUT2D eigenvalue weighted by Crippen LogP contribution is -2.03. The molecule has 1 fully saturated rings. The second-order valence-electron chi connectivity index (χ2n) is 5.73. The maximum atomic E-state index is 6.03. The van der Waals surface area contributed by atoms with Crippen LogP contribution in [0.1, 0.15) is 38.5 Å². The van der Waals surface area contributed by atoms with E-state index >= 15 is 0 Å². The van der Waals surface area contributed by atoms with Crippen LogP contribution < -0.4 is 5.73 Å². The number of nitrogens with zero attached hydrogens (tertiary/aromatic N) is 3. The van der Waals surface area contributed by atoms with Gasteiger partial charge in [-0.15, -0.1) is 0 Å². The first-order valence-electron chi connectivity index (χ1n) is 7.54. The molecule has 0 aromatic carbocycles. The van der Waals surface area contributed by atoms with Gasteiger partial charge in [0.2, 0.25) is 0 Å². The third-order valence-corrected chi connectivity index (χ3v) is 4.33. The van der Waals surface area contributed by atoms with Crippen molar-refractivity contribution < 1.29 is 0 Å². The quantitative estimate of drug-likeness (QED) is 0.904. The molecule has 2 heterocycles. The first kappa shape index (κ1) is 13.2. The van der Waals surface area contributed by atoms with Gasteiger partial charge < -0.3 is 10.3 Å². The van der Waals surface area contributed by atoms with Crippen molar-refractivity contribution in [3.8, 4) is 11.3 Å². The molecule has 1 aliphatic carbocycles. The van der Waals surface area contributed by atoms with Gasteiger partial charge in [0.15, 0.2) is 0 Å². The summed E-state index contributed by atoms with van der Waals surface area (Å²) in [6.45, 7) is 1.01. The van der Waals surface area contributed by atoms with E-state index in [9.17, 15) is 0 Å². The van der Waals surface area contributed by atoms with E-state index in [1.165, 1.54) is 38.5 Å². The smallest absolute Gasteiger partial charge is 0.0950 e. The van der Waals surface area contributed by atoms with Crippen molar-refractivity contribution in [2.24, 2.45) is 5.92 Å². The Bertz CT molecular complexity index is 555. The Balaban J connectivity index is 1.66.